The largest absolute Gasteiger partial charge is 0.494 e. The molecule has 198 valence electrons. The average molecular weight is 588 g/mol. The predicted molar refractivity (Wildman–Crippen MR) is 156 cm³/mol. The maximum atomic E-state index is 14.5. The highest BCUT2D eigenvalue weighted by atomic mass is 79.9. The van der Waals surface area contributed by atoms with Gasteiger partial charge in [0.15, 0.2) is 5.82 Å². The molecule has 0 atom stereocenters. The minimum atomic E-state index is -0.411. The third-order valence-electron chi connectivity index (χ3n) is 6.40. The van der Waals surface area contributed by atoms with Crippen LogP contribution in [0.25, 0.3) is 33.6 Å². The molecule has 0 bridgehead atoms. The zero-order valence-electron chi connectivity index (χ0n) is 22.0. The van der Waals surface area contributed by atoms with Gasteiger partial charge in [0.1, 0.15) is 23.1 Å². The first-order valence-corrected chi connectivity index (χ1v) is 13.4. The highest BCUT2D eigenvalue weighted by molar-refractivity contribution is 9.10. The molecule has 0 aliphatic rings. The Bertz CT molecular complexity index is 1770. The van der Waals surface area contributed by atoms with Crippen LogP contribution < -0.4 is 10.3 Å². The van der Waals surface area contributed by atoms with E-state index in [1.807, 2.05) is 38.1 Å². The topological polar surface area (TPSA) is 69.6 Å². The van der Waals surface area contributed by atoms with Crippen molar-refractivity contribution >= 4 is 33.0 Å². The van der Waals surface area contributed by atoms with E-state index < -0.39 is 5.82 Å². The summed E-state index contributed by atoms with van der Waals surface area (Å²) in [6.45, 7) is 8.66. The van der Waals surface area contributed by atoms with Crippen LogP contribution in [-0.2, 0) is 0 Å². The number of hydrogen-bond acceptors (Lipinski definition) is 5. The second-order valence-corrected chi connectivity index (χ2v) is 10.3. The smallest absolute Gasteiger partial charge is 0.282 e. The Morgan fingerprint density at radius 2 is 1.90 bits per heavy atom. The van der Waals surface area contributed by atoms with Gasteiger partial charge in [-0.05, 0) is 85.5 Å². The van der Waals surface area contributed by atoms with Crippen LogP contribution in [-0.4, -0.2) is 22.5 Å². The van der Waals surface area contributed by atoms with Crippen LogP contribution in [0.2, 0.25) is 0 Å². The normalized spacial score (nSPS) is 11.7. The number of rotatable bonds is 7. The van der Waals surface area contributed by atoms with Crippen molar-refractivity contribution in [3.63, 3.8) is 0 Å². The third-order valence-corrected chi connectivity index (χ3v) is 6.89. The molecule has 0 spiro atoms. The van der Waals surface area contributed by atoms with Crippen LogP contribution in [0.5, 0.6) is 5.75 Å². The van der Waals surface area contributed by atoms with Gasteiger partial charge in [-0.1, -0.05) is 41.9 Å². The number of benzene rings is 3. The number of fused-ring (bicyclic) bond motifs is 1. The zero-order chi connectivity index (χ0) is 27.7. The summed E-state index contributed by atoms with van der Waals surface area (Å²) >= 11 is 3.27. The molecule has 0 N–H and O–H groups in total. The van der Waals surface area contributed by atoms with Crippen LogP contribution in [0.1, 0.15) is 43.6 Å². The van der Waals surface area contributed by atoms with Crippen LogP contribution in [0.4, 0.5) is 4.39 Å². The first kappa shape index (κ1) is 26.6. The predicted octanol–water partition coefficient (Wildman–Crippen LogP) is 7.94. The van der Waals surface area contributed by atoms with Gasteiger partial charge in [0.2, 0.25) is 0 Å². The summed E-state index contributed by atoms with van der Waals surface area (Å²) < 4.78 is 28.1. The lowest BCUT2D eigenvalue weighted by molar-refractivity contribution is 0.335. The number of aryl methyl sites for hydroxylation is 1. The summed E-state index contributed by atoms with van der Waals surface area (Å²) in [6, 6.07) is 19.3. The molecule has 39 heavy (non-hydrogen) atoms. The van der Waals surface area contributed by atoms with Gasteiger partial charge >= 0.3 is 0 Å². The minimum absolute atomic E-state index is 0.190. The molecular formula is C31H27BrFN3O3. The van der Waals surface area contributed by atoms with Crippen molar-refractivity contribution in [1.29, 1.82) is 0 Å². The van der Waals surface area contributed by atoms with Crippen molar-refractivity contribution in [2.24, 2.45) is 5.10 Å². The molecule has 0 saturated carbocycles. The molecule has 0 radical (unpaired) electrons. The lowest BCUT2D eigenvalue weighted by Gasteiger charge is -2.18. The maximum absolute atomic E-state index is 14.5. The van der Waals surface area contributed by atoms with Crippen molar-refractivity contribution in [3.05, 3.63) is 104 Å². The first-order chi connectivity index (χ1) is 18.8. The molecule has 0 aliphatic carbocycles. The van der Waals surface area contributed by atoms with E-state index in [4.69, 9.17) is 14.1 Å². The van der Waals surface area contributed by atoms with Gasteiger partial charge in [-0.15, -0.1) is 0 Å². The Labute approximate surface area is 233 Å². The monoisotopic (exact) mass is 587 g/mol. The van der Waals surface area contributed by atoms with Gasteiger partial charge in [-0.3, -0.25) is 4.79 Å². The Balaban J connectivity index is 1.65. The van der Waals surface area contributed by atoms with Crippen LogP contribution >= 0.6 is 15.9 Å². The molecule has 0 unspecified atom stereocenters. The van der Waals surface area contributed by atoms with Gasteiger partial charge < -0.3 is 9.15 Å². The molecule has 5 aromatic rings. The quantitative estimate of drug-likeness (QED) is 0.181. The molecular weight excluding hydrogens is 561 g/mol. The SMILES string of the molecule is CCOc1cc(C)c(-c2nc3ccccc3c(=O)n2N=Cc2ccc(-c3ccc(Br)cc3F)o2)cc1C(C)C. The van der Waals surface area contributed by atoms with Crippen LogP contribution in [0.15, 0.2) is 85.5 Å². The molecule has 5 rings (SSSR count). The summed E-state index contributed by atoms with van der Waals surface area (Å²) in [5.41, 5.74) is 3.29. The number of halogens is 2. The molecule has 3 aromatic carbocycles. The van der Waals surface area contributed by atoms with Crippen molar-refractivity contribution in [1.82, 2.24) is 9.66 Å². The molecule has 0 amide bonds. The highest BCUT2D eigenvalue weighted by Crippen LogP contribution is 2.34. The Morgan fingerprint density at radius 1 is 1.10 bits per heavy atom. The average Bonchev–Trinajstić information content (AvgIpc) is 3.37. The van der Waals surface area contributed by atoms with E-state index in [2.05, 4.69) is 34.9 Å². The van der Waals surface area contributed by atoms with Crippen LogP contribution in [0.3, 0.4) is 0 Å². The van der Waals surface area contributed by atoms with E-state index in [1.54, 1.807) is 36.4 Å². The molecule has 0 aliphatic heterocycles. The summed E-state index contributed by atoms with van der Waals surface area (Å²) in [4.78, 5) is 18.5. The van der Waals surface area contributed by atoms with Gasteiger partial charge in [0.25, 0.3) is 5.56 Å². The molecule has 2 aromatic heterocycles. The van der Waals surface area contributed by atoms with Crippen LogP contribution in [0, 0.1) is 12.7 Å². The number of aromatic nitrogens is 2. The first-order valence-electron chi connectivity index (χ1n) is 12.7. The maximum Gasteiger partial charge on any atom is 0.282 e. The van der Waals surface area contributed by atoms with Gasteiger partial charge in [0, 0.05) is 10.0 Å². The summed E-state index contributed by atoms with van der Waals surface area (Å²) in [5.74, 6) is 1.72. The van der Waals surface area contributed by atoms with Gasteiger partial charge in [0.05, 0.1) is 29.3 Å². The molecule has 6 nitrogen and oxygen atoms in total. The highest BCUT2D eigenvalue weighted by Gasteiger charge is 2.19. The minimum Gasteiger partial charge on any atom is -0.494 e. The molecule has 2 heterocycles. The molecule has 0 saturated heterocycles. The van der Waals surface area contributed by atoms with Gasteiger partial charge in [-0.25, -0.2) is 9.37 Å². The van der Waals surface area contributed by atoms with E-state index in [0.717, 1.165) is 22.4 Å². The fourth-order valence-electron chi connectivity index (χ4n) is 4.45. The Hall–Kier alpha value is -4.04. The number of ether oxygens (including phenoxy) is 1. The van der Waals surface area contributed by atoms with E-state index in [-0.39, 0.29) is 11.5 Å². The Morgan fingerprint density at radius 3 is 2.64 bits per heavy atom. The number of furan rings is 1. The molecule has 0 fully saturated rings. The van der Waals surface area contributed by atoms with Gasteiger partial charge in [-0.2, -0.15) is 9.78 Å². The van der Waals surface area contributed by atoms with Crippen molar-refractivity contribution in [2.45, 2.75) is 33.6 Å². The number of hydrogen-bond donors (Lipinski definition) is 0. The fraction of sp³-hybridized carbons (Fsp3) is 0.194. The standard InChI is InChI=1S/C31H27BrFN3O3/c1-5-38-29-14-19(4)25(16-24(29)18(2)3)30-35-27-9-7-6-8-23(27)31(37)36(30)34-17-21-11-13-28(39-21)22-12-10-20(32)15-26(22)33/h6-18H,5H2,1-4H3. The van der Waals surface area contributed by atoms with E-state index in [0.29, 0.717) is 44.9 Å². The fourth-order valence-corrected chi connectivity index (χ4v) is 4.78. The lowest BCUT2D eigenvalue weighted by Crippen LogP contribution is -2.20. The van der Waals surface area contributed by atoms with E-state index >= 15 is 0 Å². The summed E-state index contributed by atoms with van der Waals surface area (Å²) in [5, 5.41) is 4.96. The number of para-hydroxylation sites is 1. The van der Waals surface area contributed by atoms with E-state index in [1.165, 1.54) is 17.0 Å². The zero-order valence-corrected chi connectivity index (χ0v) is 23.6. The van der Waals surface area contributed by atoms with E-state index in [9.17, 15) is 9.18 Å². The second-order valence-electron chi connectivity index (χ2n) is 9.43. The molecule has 8 heteroatoms. The van der Waals surface area contributed by atoms with Crippen molar-refractivity contribution < 1.29 is 13.5 Å². The van der Waals surface area contributed by atoms with Crippen molar-refractivity contribution in [3.8, 4) is 28.5 Å². The summed E-state index contributed by atoms with van der Waals surface area (Å²) in [6.07, 6.45) is 1.44. The second kappa shape index (κ2) is 11.0. The lowest BCUT2D eigenvalue weighted by atomic mass is 9.96. The third kappa shape index (κ3) is 5.29. The summed E-state index contributed by atoms with van der Waals surface area (Å²) in [7, 11) is 0. The number of nitrogens with zero attached hydrogens (tertiary/aromatic N) is 3. The Kier molecular flexibility index (Phi) is 7.48. The van der Waals surface area contributed by atoms with Crippen molar-refractivity contribution in [2.75, 3.05) is 6.61 Å².